The SMILES string of the molecule is CC(CNC(=O)Nc1ccc2oc(N(C)C)nc2c1)c1ccncc1. The first-order valence-electron chi connectivity index (χ1n) is 8.05. The third kappa shape index (κ3) is 4.06. The number of nitrogens with zero attached hydrogens (tertiary/aromatic N) is 3. The van der Waals surface area contributed by atoms with Crippen LogP contribution in [-0.4, -0.2) is 36.6 Å². The number of benzene rings is 1. The lowest BCUT2D eigenvalue weighted by molar-refractivity contribution is 0.251. The van der Waals surface area contributed by atoms with Crippen LogP contribution in [0.3, 0.4) is 0 Å². The maximum atomic E-state index is 12.1. The van der Waals surface area contributed by atoms with E-state index in [1.54, 1.807) is 35.5 Å². The van der Waals surface area contributed by atoms with Crippen LogP contribution < -0.4 is 15.5 Å². The molecule has 2 aromatic heterocycles. The topological polar surface area (TPSA) is 83.3 Å². The van der Waals surface area contributed by atoms with Crippen molar-refractivity contribution < 1.29 is 9.21 Å². The molecule has 0 aliphatic carbocycles. The Hall–Kier alpha value is -3.09. The Morgan fingerprint density at radius 3 is 2.72 bits per heavy atom. The third-order valence-electron chi connectivity index (χ3n) is 3.86. The number of hydrogen-bond donors (Lipinski definition) is 2. The van der Waals surface area contributed by atoms with Crippen LogP contribution in [0, 0.1) is 0 Å². The summed E-state index contributed by atoms with van der Waals surface area (Å²) in [6.45, 7) is 2.59. The minimum absolute atomic E-state index is 0.203. The monoisotopic (exact) mass is 339 g/mol. The fraction of sp³-hybridized carbons (Fsp3) is 0.278. The van der Waals surface area contributed by atoms with Crippen LogP contribution in [0.1, 0.15) is 18.4 Å². The first kappa shape index (κ1) is 16.8. The normalized spacial score (nSPS) is 12.0. The average Bonchev–Trinajstić information content (AvgIpc) is 3.04. The van der Waals surface area contributed by atoms with Gasteiger partial charge in [-0.15, -0.1) is 0 Å². The van der Waals surface area contributed by atoms with Crippen LogP contribution in [0.2, 0.25) is 0 Å². The Kier molecular flexibility index (Phi) is 4.83. The molecule has 0 bridgehead atoms. The predicted octanol–water partition coefficient (Wildman–Crippen LogP) is 3.21. The van der Waals surface area contributed by atoms with E-state index in [4.69, 9.17) is 4.42 Å². The largest absolute Gasteiger partial charge is 0.423 e. The van der Waals surface area contributed by atoms with Crippen molar-refractivity contribution >= 4 is 28.8 Å². The van der Waals surface area contributed by atoms with Gasteiger partial charge in [0, 0.05) is 38.7 Å². The van der Waals surface area contributed by atoms with E-state index in [0.717, 1.165) is 5.56 Å². The minimum atomic E-state index is -0.253. The molecule has 0 radical (unpaired) electrons. The van der Waals surface area contributed by atoms with E-state index in [-0.39, 0.29) is 11.9 Å². The van der Waals surface area contributed by atoms with Crippen LogP contribution in [-0.2, 0) is 0 Å². The lowest BCUT2D eigenvalue weighted by atomic mass is 10.0. The maximum Gasteiger partial charge on any atom is 0.319 e. The number of hydrogen-bond acceptors (Lipinski definition) is 5. The molecule has 25 heavy (non-hydrogen) atoms. The van der Waals surface area contributed by atoms with E-state index in [9.17, 15) is 4.79 Å². The second-order valence-electron chi connectivity index (χ2n) is 6.09. The molecule has 2 amide bonds. The summed E-state index contributed by atoms with van der Waals surface area (Å²) in [5.41, 5.74) is 3.18. The molecule has 3 aromatic rings. The molecule has 2 heterocycles. The average molecular weight is 339 g/mol. The number of carbonyl (C=O) groups is 1. The molecule has 7 nitrogen and oxygen atoms in total. The first-order chi connectivity index (χ1) is 12.0. The summed E-state index contributed by atoms with van der Waals surface area (Å²) in [5, 5.41) is 5.70. The molecule has 0 fully saturated rings. The van der Waals surface area contributed by atoms with Gasteiger partial charge in [0.25, 0.3) is 6.01 Å². The van der Waals surface area contributed by atoms with Crippen LogP contribution in [0.5, 0.6) is 0 Å². The fourth-order valence-electron chi connectivity index (χ4n) is 2.42. The van der Waals surface area contributed by atoms with Crippen molar-refractivity contribution in [2.45, 2.75) is 12.8 Å². The summed E-state index contributed by atoms with van der Waals surface area (Å²) in [5.74, 6) is 0.203. The number of rotatable bonds is 5. The molecule has 1 aromatic carbocycles. The Balaban J connectivity index is 1.60. The van der Waals surface area contributed by atoms with Crippen molar-refractivity contribution in [1.82, 2.24) is 15.3 Å². The summed E-state index contributed by atoms with van der Waals surface area (Å²) < 4.78 is 5.60. The number of amides is 2. The molecule has 3 rings (SSSR count). The van der Waals surface area contributed by atoms with Gasteiger partial charge in [-0.25, -0.2) is 4.79 Å². The molecule has 0 saturated carbocycles. The Morgan fingerprint density at radius 1 is 1.24 bits per heavy atom. The van der Waals surface area contributed by atoms with Gasteiger partial charge in [0.05, 0.1) is 0 Å². The summed E-state index contributed by atoms with van der Waals surface area (Å²) in [4.78, 5) is 22.3. The van der Waals surface area contributed by atoms with Crippen molar-refractivity contribution in [3.8, 4) is 0 Å². The van der Waals surface area contributed by atoms with Crippen LogP contribution in [0.15, 0.2) is 47.1 Å². The van der Waals surface area contributed by atoms with Crippen molar-refractivity contribution in [3.63, 3.8) is 0 Å². The van der Waals surface area contributed by atoms with Crippen molar-refractivity contribution in [2.75, 3.05) is 30.9 Å². The van der Waals surface area contributed by atoms with Crippen molar-refractivity contribution in [2.24, 2.45) is 0 Å². The lowest BCUT2D eigenvalue weighted by Gasteiger charge is -2.13. The number of anilines is 2. The first-order valence-corrected chi connectivity index (χ1v) is 8.05. The summed E-state index contributed by atoms with van der Waals surface area (Å²) >= 11 is 0. The molecular weight excluding hydrogens is 318 g/mol. The molecule has 0 aliphatic rings. The van der Waals surface area contributed by atoms with Gasteiger partial charge in [-0.05, 0) is 41.8 Å². The molecule has 1 atom stereocenters. The highest BCUT2D eigenvalue weighted by Crippen LogP contribution is 2.23. The van der Waals surface area contributed by atoms with Gasteiger partial charge >= 0.3 is 6.03 Å². The number of pyridine rings is 1. The Labute approximate surface area is 146 Å². The number of aromatic nitrogens is 2. The second-order valence-corrected chi connectivity index (χ2v) is 6.09. The van der Waals surface area contributed by atoms with E-state index in [1.807, 2.05) is 26.2 Å². The number of oxazole rings is 1. The van der Waals surface area contributed by atoms with E-state index >= 15 is 0 Å². The minimum Gasteiger partial charge on any atom is -0.423 e. The van der Waals surface area contributed by atoms with E-state index in [1.165, 1.54) is 0 Å². The number of carbonyl (C=O) groups excluding carboxylic acids is 1. The highest BCUT2D eigenvalue weighted by molar-refractivity contribution is 5.91. The van der Waals surface area contributed by atoms with Gasteiger partial charge < -0.3 is 20.0 Å². The Bertz CT molecular complexity index is 860. The third-order valence-corrected chi connectivity index (χ3v) is 3.86. The molecule has 0 saturated heterocycles. The molecule has 0 spiro atoms. The van der Waals surface area contributed by atoms with E-state index < -0.39 is 0 Å². The summed E-state index contributed by atoms with van der Waals surface area (Å²) in [6.07, 6.45) is 3.50. The fourth-order valence-corrected chi connectivity index (χ4v) is 2.42. The van der Waals surface area contributed by atoms with E-state index in [0.29, 0.717) is 29.3 Å². The molecule has 0 aliphatic heterocycles. The zero-order valence-electron chi connectivity index (χ0n) is 14.5. The lowest BCUT2D eigenvalue weighted by Crippen LogP contribution is -2.31. The summed E-state index contributed by atoms with van der Waals surface area (Å²) in [7, 11) is 3.72. The van der Waals surface area contributed by atoms with Crippen molar-refractivity contribution in [1.29, 1.82) is 0 Å². The van der Waals surface area contributed by atoms with E-state index in [2.05, 4.69) is 27.5 Å². The van der Waals surface area contributed by atoms with Crippen LogP contribution in [0.4, 0.5) is 16.5 Å². The van der Waals surface area contributed by atoms with Gasteiger partial charge in [-0.1, -0.05) is 6.92 Å². The highest BCUT2D eigenvalue weighted by Gasteiger charge is 2.10. The quantitative estimate of drug-likeness (QED) is 0.746. The maximum absolute atomic E-state index is 12.1. The number of urea groups is 1. The predicted molar refractivity (Wildman–Crippen MR) is 98.0 cm³/mol. The number of fused-ring (bicyclic) bond motifs is 1. The second kappa shape index (κ2) is 7.21. The van der Waals surface area contributed by atoms with Gasteiger partial charge in [-0.3, -0.25) is 4.98 Å². The van der Waals surface area contributed by atoms with Crippen LogP contribution >= 0.6 is 0 Å². The van der Waals surface area contributed by atoms with Crippen LogP contribution in [0.25, 0.3) is 11.1 Å². The highest BCUT2D eigenvalue weighted by atomic mass is 16.4. The molecule has 2 N–H and O–H groups in total. The Morgan fingerprint density at radius 2 is 2.00 bits per heavy atom. The molecule has 130 valence electrons. The molecule has 7 heteroatoms. The summed E-state index contributed by atoms with van der Waals surface area (Å²) in [6, 6.07) is 9.55. The zero-order chi connectivity index (χ0) is 17.8. The smallest absolute Gasteiger partial charge is 0.319 e. The molecule has 1 unspecified atom stereocenters. The van der Waals surface area contributed by atoms with Crippen molar-refractivity contribution in [3.05, 3.63) is 48.3 Å². The zero-order valence-corrected chi connectivity index (χ0v) is 14.5. The molecular formula is C18H21N5O2. The van der Waals surface area contributed by atoms with Gasteiger partial charge in [-0.2, -0.15) is 4.98 Å². The van der Waals surface area contributed by atoms with Gasteiger partial charge in [0.2, 0.25) is 0 Å². The van der Waals surface area contributed by atoms with Gasteiger partial charge in [0.15, 0.2) is 5.58 Å². The standard InChI is InChI=1S/C18H21N5O2/c1-12(13-6-8-19-9-7-13)11-20-17(24)21-14-4-5-16-15(10-14)22-18(25-16)23(2)3/h4-10,12H,11H2,1-3H3,(H2,20,21,24). The number of nitrogens with one attached hydrogen (secondary N) is 2. The van der Waals surface area contributed by atoms with Gasteiger partial charge in [0.1, 0.15) is 5.52 Å².